The lowest BCUT2D eigenvalue weighted by Gasteiger charge is -2.55. The van der Waals surface area contributed by atoms with Crippen molar-refractivity contribution in [1.82, 2.24) is 9.13 Å². The number of rotatable bonds is 6. The van der Waals surface area contributed by atoms with E-state index in [-0.39, 0.29) is 0 Å². The number of hydrogen-bond donors (Lipinski definition) is 0. The van der Waals surface area contributed by atoms with Crippen molar-refractivity contribution in [2.24, 2.45) is 0 Å². The lowest BCUT2D eigenvalue weighted by Crippen LogP contribution is -2.64. The molecule has 4 aromatic carbocycles. The molecule has 4 aliphatic rings. The molecule has 0 amide bonds. The third-order valence-corrected chi connectivity index (χ3v) is 20.0. The van der Waals surface area contributed by atoms with Gasteiger partial charge in [-0.3, -0.25) is 0 Å². The average molecular weight is 635 g/mol. The monoisotopic (exact) mass is 634 g/mol. The Morgan fingerprint density at radius 3 is 1.17 bits per heavy atom. The molecule has 2 nitrogen and oxygen atoms in total. The summed E-state index contributed by atoms with van der Waals surface area (Å²) >= 11 is 0. The van der Waals surface area contributed by atoms with E-state index in [9.17, 15) is 0 Å². The predicted octanol–water partition coefficient (Wildman–Crippen LogP) is 11.6. The van der Waals surface area contributed by atoms with Crippen molar-refractivity contribution >= 4 is 62.1 Å². The minimum absolute atomic E-state index is 0.639. The van der Waals surface area contributed by atoms with E-state index in [1.807, 2.05) is 0 Å². The van der Waals surface area contributed by atoms with Gasteiger partial charge in [-0.15, -0.1) is 11.1 Å². The predicted molar refractivity (Wildman–Crippen MR) is 203 cm³/mol. The third kappa shape index (κ3) is 4.27. The quantitative estimate of drug-likeness (QED) is 0.161. The average Bonchev–Trinajstić information content (AvgIpc) is 3.97. The first-order chi connectivity index (χ1) is 23.3. The first kappa shape index (κ1) is 28.7. The second kappa shape index (κ2) is 11.4. The normalized spacial score (nSPS) is 20.8. The highest BCUT2D eigenvalue weighted by atomic mass is 28.3. The fourth-order valence-electron chi connectivity index (χ4n) is 11.8. The van der Waals surface area contributed by atoms with Gasteiger partial charge in [-0.05, 0) is 37.8 Å². The molecule has 10 rings (SSSR count). The van der Waals surface area contributed by atoms with E-state index in [1.54, 1.807) is 10.4 Å². The van der Waals surface area contributed by atoms with Crippen LogP contribution in [0.2, 0.25) is 11.1 Å². The van der Waals surface area contributed by atoms with Crippen LogP contribution in [0.1, 0.15) is 115 Å². The van der Waals surface area contributed by atoms with Gasteiger partial charge in [0.2, 0.25) is 0 Å². The van der Waals surface area contributed by atoms with Crippen molar-refractivity contribution < 1.29 is 0 Å². The van der Waals surface area contributed by atoms with E-state index >= 15 is 0 Å². The fraction of sp³-hybridized carbons (Fsp3) is 0.455. The second-order valence-corrected chi connectivity index (χ2v) is 20.5. The number of nitrogens with zero attached hydrogens (tertiary/aromatic N) is 2. The molecule has 0 unspecified atom stereocenters. The Labute approximate surface area is 281 Å². The minimum atomic E-state index is -2.17. The van der Waals surface area contributed by atoms with Crippen LogP contribution in [0.4, 0.5) is 0 Å². The zero-order valence-corrected chi connectivity index (χ0v) is 29.1. The molecule has 3 heteroatoms. The molecule has 2 aromatic heterocycles. The SMILES string of the molecule is c1ccc2c(c1)c1ccc([Si-](c3ccc4c5ccccc5n(C5CCCC5)c4c3)(C3CCCC3)C3CCCC3)cc1n2C1CCCC1. The van der Waals surface area contributed by atoms with Gasteiger partial charge in [-0.2, -0.15) is 10.4 Å². The summed E-state index contributed by atoms with van der Waals surface area (Å²) in [5, 5.41) is 9.39. The number of fused-ring (bicyclic) bond motifs is 6. The molecule has 0 spiro atoms. The van der Waals surface area contributed by atoms with Gasteiger partial charge in [0, 0.05) is 55.7 Å². The van der Waals surface area contributed by atoms with Crippen LogP contribution >= 0.6 is 0 Å². The molecule has 0 N–H and O–H groups in total. The molecule has 4 saturated carbocycles. The van der Waals surface area contributed by atoms with Crippen molar-refractivity contribution in [3.63, 3.8) is 0 Å². The molecule has 0 radical (unpaired) electrons. The first-order valence-corrected chi connectivity index (χ1v) is 21.5. The molecule has 241 valence electrons. The third-order valence-electron chi connectivity index (χ3n) is 13.8. The minimum Gasteiger partial charge on any atom is -0.337 e. The maximum absolute atomic E-state index is 2.81. The van der Waals surface area contributed by atoms with Crippen LogP contribution in [-0.2, 0) is 0 Å². The van der Waals surface area contributed by atoms with E-state index in [4.69, 9.17) is 0 Å². The number of benzene rings is 4. The van der Waals surface area contributed by atoms with Crippen LogP contribution in [0, 0.1) is 0 Å². The largest absolute Gasteiger partial charge is 0.337 e. The molecule has 4 aliphatic carbocycles. The highest BCUT2D eigenvalue weighted by Crippen LogP contribution is 2.51. The molecule has 47 heavy (non-hydrogen) atoms. The van der Waals surface area contributed by atoms with Gasteiger partial charge < -0.3 is 9.13 Å². The number of aromatic nitrogens is 2. The van der Waals surface area contributed by atoms with Crippen molar-refractivity contribution in [3.8, 4) is 0 Å². The van der Waals surface area contributed by atoms with Crippen molar-refractivity contribution in [2.75, 3.05) is 0 Å². The van der Waals surface area contributed by atoms with E-state index in [0.29, 0.717) is 12.1 Å². The summed E-state index contributed by atoms with van der Waals surface area (Å²) < 4.78 is 5.62. The van der Waals surface area contributed by atoms with E-state index in [2.05, 4.69) is 94.1 Å². The molecular formula is C44H50N2Si-. The van der Waals surface area contributed by atoms with Crippen molar-refractivity contribution in [1.29, 1.82) is 0 Å². The van der Waals surface area contributed by atoms with Crippen molar-refractivity contribution in [3.05, 3.63) is 84.9 Å². The molecule has 0 atom stereocenters. The van der Waals surface area contributed by atoms with Gasteiger partial charge in [0.05, 0.1) is 0 Å². The second-order valence-electron chi connectivity index (χ2n) is 15.9. The number of para-hydroxylation sites is 2. The fourth-order valence-corrected chi connectivity index (χ4v) is 18.8. The van der Waals surface area contributed by atoms with Gasteiger partial charge in [-0.25, -0.2) is 0 Å². The molecule has 6 aromatic rings. The highest BCUT2D eigenvalue weighted by Gasteiger charge is 2.41. The standard InChI is InChI=1S/C44H50N2Si/c1-2-14-31(13-1)45-41-23-11-9-21-37(41)39-27-25-35(29-43(39)45)47(33-17-5-6-18-33,34-19-7-8-20-34)36-26-28-40-38-22-10-12-24-42(38)46(44(40)30-36)32-15-3-4-16-32/h9-12,21-34H,1-8,13-20H2/q-1. The summed E-state index contributed by atoms with van der Waals surface area (Å²) in [6.07, 6.45) is 22.2. The molecule has 0 bridgehead atoms. The van der Waals surface area contributed by atoms with Crippen LogP contribution in [0.3, 0.4) is 0 Å². The Morgan fingerprint density at radius 2 is 0.745 bits per heavy atom. The first-order valence-electron chi connectivity index (χ1n) is 19.4. The summed E-state index contributed by atoms with van der Waals surface area (Å²) in [5.74, 6) is 0. The lowest BCUT2D eigenvalue weighted by molar-refractivity contribution is 0.550. The smallest absolute Gasteiger partial charge is 0.0493 e. The van der Waals surface area contributed by atoms with Crippen LogP contribution in [0.5, 0.6) is 0 Å². The van der Waals surface area contributed by atoms with Crippen LogP contribution in [-0.4, -0.2) is 17.2 Å². The summed E-state index contributed by atoms with van der Waals surface area (Å²) in [4.78, 5) is 0. The maximum atomic E-state index is 2.81. The Morgan fingerprint density at radius 1 is 0.383 bits per heavy atom. The summed E-state index contributed by atoms with van der Waals surface area (Å²) in [6.45, 7) is 0. The maximum Gasteiger partial charge on any atom is 0.0493 e. The van der Waals surface area contributed by atoms with E-state index in [0.717, 1.165) is 11.1 Å². The number of hydrogen-bond acceptors (Lipinski definition) is 0. The van der Waals surface area contributed by atoms with Gasteiger partial charge in [0.15, 0.2) is 0 Å². The molecule has 2 heterocycles. The van der Waals surface area contributed by atoms with E-state index < -0.39 is 8.07 Å². The Balaban J connectivity index is 1.26. The van der Waals surface area contributed by atoms with Gasteiger partial charge in [-0.1, -0.05) is 158 Å². The van der Waals surface area contributed by atoms with Crippen molar-refractivity contribution in [2.45, 2.75) is 126 Å². The summed E-state index contributed by atoms with van der Waals surface area (Å²) in [7, 11) is -2.17. The Bertz CT molecular complexity index is 1940. The lowest BCUT2D eigenvalue weighted by atomic mass is 10.1. The van der Waals surface area contributed by atoms with Gasteiger partial charge >= 0.3 is 0 Å². The molecule has 0 aliphatic heterocycles. The Kier molecular flexibility index (Phi) is 6.96. The highest BCUT2D eigenvalue weighted by molar-refractivity contribution is 7.04. The van der Waals surface area contributed by atoms with Gasteiger partial charge in [0.1, 0.15) is 0 Å². The Hall–Kier alpha value is -3.30. The molecule has 0 saturated heterocycles. The molecule has 4 fully saturated rings. The van der Waals surface area contributed by atoms with Crippen LogP contribution in [0.15, 0.2) is 84.9 Å². The summed E-state index contributed by atoms with van der Waals surface area (Å²) in [6, 6.07) is 36.0. The molecular weight excluding hydrogens is 585 g/mol. The van der Waals surface area contributed by atoms with E-state index in [1.165, 1.54) is 146 Å². The van der Waals surface area contributed by atoms with Crippen LogP contribution in [0.25, 0.3) is 43.6 Å². The topological polar surface area (TPSA) is 9.86 Å². The zero-order chi connectivity index (χ0) is 31.0. The van der Waals surface area contributed by atoms with Gasteiger partial charge in [0.25, 0.3) is 0 Å². The zero-order valence-electron chi connectivity index (χ0n) is 28.1. The summed E-state index contributed by atoms with van der Waals surface area (Å²) in [5.41, 5.74) is 7.67. The van der Waals surface area contributed by atoms with Crippen LogP contribution < -0.4 is 10.4 Å².